The van der Waals surface area contributed by atoms with Crippen LogP contribution in [0.4, 0.5) is 10.5 Å². The van der Waals surface area contributed by atoms with Crippen LogP contribution in [0, 0.1) is 0 Å². The minimum atomic E-state index is -0.267. The van der Waals surface area contributed by atoms with Crippen molar-refractivity contribution in [2.45, 2.75) is 13.3 Å². The molecule has 0 aliphatic rings. The van der Waals surface area contributed by atoms with Gasteiger partial charge in [-0.3, -0.25) is 0 Å². The molecule has 7 nitrogen and oxygen atoms in total. The van der Waals surface area contributed by atoms with Gasteiger partial charge in [-0.15, -0.1) is 27.8 Å². The minimum absolute atomic E-state index is 0.267. The zero-order chi connectivity index (χ0) is 19.3. The van der Waals surface area contributed by atoms with E-state index in [2.05, 4.69) is 20.7 Å². The molecule has 0 atom stereocenters. The molecule has 0 saturated carbocycles. The summed E-state index contributed by atoms with van der Waals surface area (Å²) < 4.78 is 7.37. The van der Waals surface area contributed by atoms with Gasteiger partial charge in [-0.1, -0.05) is 18.2 Å². The fraction of sp³-hybridized carbons (Fsp3) is 0.211. The van der Waals surface area contributed by atoms with Crippen molar-refractivity contribution in [3.8, 4) is 16.5 Å². The summed E-state index contributed by atoms with van der Waals surface area (Å²) in [5.74, 6) is 1.39. The fourth-order valence-corrected chi connectivity index (χ4v) is 4.24. The first-order valence-electron chi connectivity index (χ1n) is 8.88. The number of aromatic nitrogens is 3. The van der Waals surface area contributed by atoms with Crippen molar-refractivity contribution < 1.29 is 9.53 Å². The van der Waals surface area contributed by atoms with Crippen LogP contribution in [-0.4, -0.2) is 33.8 Å². The Morgan fingerprint density at radius 2 is 2.11 bits per heavy atom. The summed E-state index contributed by atoms with van der Waals surface area (Å²) in [5.41, 5.74) is 1.67. The maximum absolute atomic E-state index is 12.2. The molecule has 0 spiro atoms. The van der Waals surface area contributed by atoms with Crippen LogP contribution in [0.2, 0.25) is 0 Å². The molecule has 4 rings (SSSR count). The van der Waals surface area contributed by atoms with Crippen molar-refractivity contribution in [3.05, 3.63) is 52.9 Å². The number of fused-ring (bicyclic) bond motifs is 1. The third-order valence-electron chi connectivity index (χ3n) is 3.99. The van der Waals surface area contributed by atoms with Gasteiger partial charge < -0.3 is 15.4 Å². The Kier molecular flexibility index (Phi) is 5.54. The summed E-state index contributed by atoms with van der Waals surface area (Å²) in [7, 11) is 0. The third kappa shape index (κ3) is 4.00. The average Bonchev–Trinajstić information content (AvgIpc) is 3.41. The van der Waals surface area contributed by atoms with Gasteiger partial charge in [0.05, 0.1) is 22.9 Å². The van der Waals surface area contributed by atoms with Gasteiger partial charge in [0.2, 0.25) is 4.96 Å². The van der Waals surface area contributed by atoms with E-state index in [0.717, 1.165) is 21.4 Å². The Bertz CT molecular complexity index is 1070. The second kappa shape index (κ2) is 8.41. The number of rotatable bonds is 7. The predicted octanol–water partition coefficient (Wildman–Crippen LogP) is 4.28. The number of urea groups is 1. The van der Waals surface area contributed by atoms with Gasteiger partial charge in [-0.05, 0) is 30.5 Å². The van der Waals surface area contributed by atoms with E-state index in [4.69, 9.17) is 4.74 Å². The zero-order valence-electron chi connectivity index (χ0n) is 15.2. The molecule has 144 valence electrons. The lowest BCUT2D eigenvalue weighted by Gasteiger charge is -2.11. The molecule has 0 unspecified atom stereocenters. The molecular formula is C19H19N5O2S2. The van der Waals surface area contributed by atoms with E-state index in [1.807, 2.05) is 58.6 Å². The number of anilines is 1. The molecule has 0 bridgehead atoms. The normalized spacial score (nSPS) is 10.9. The molecule has 4 aromatic rings. The molecule has 2 amide bonds. The van der Waals surface area contributed by atoms with E-state index in [0.29, 0.717) is 31.0 Å². The van der Waals surface area contributed by atoms with Crippen molar-refractivity contribution in [1.82, 2.24) is 19.9 Å². The number of nitrogens with zero attached hydrogens (tertiary/aromatic N) is 3. The summed E-state index contributed by atoms with van der Waals surface area (Å²) in [6, 6.07) is 11.1. The molecule has 1 aromatic carbocycles. The van der Waals surface area contributed by atoms with E-state index in [1.54, 1.807) is 22.7 Å². The highest BCUT2D eigenvalue weighted by Crippen LogP contribution is 2.25. The van der Waals surface area contributed by atoms with Gasteiger partial charge in [-0.25, -0.2) is 9.31 Å². The molecule has 0 aliphatic heterocycles. The second-order valence-electron chi connectivity index (χ2n) is 5.89. The Morgan fingerprint density at radius 3 is 2.93 bits per heavy atom. The topological polar surface area (TPSA) is 80.5 Å². The molecule has 0 radical (unpaired) electrons. The molecule has 0 saturated heterocycles. The number of carbonyl (C=O) groups is 1. The Hall–Kier alpha value is -2.91. The largest absolute Gasteiger partial charge is 0.492 e. The maximum Gasteiger partial charge on any atom is 0.319 e. The number of thiazole rings is 1. The molecule has 28 heavy (non-hydrogen) atoms. The summed E-state index contributed by atoms with van der Waals surface area (Å²) in [5, 5.41) is 14.3. The Balaban J connectivity index is 1.36. The maximum atomic E-state index is 12.2. The molecule has 3 aromatic heterocycles. The van der Waals surface area contributed by atoms with Crippen LogP contribution >= 0.6 is 22.7 Å². The van der Waals surface area contributed by atoms with Crippen molar-refractivity contribution in [2.24, 2.45) is 0 Å². The lowest BCUT2D eigenvalue weighted by Crippen LogP contribution is -2.30. The number of hydrogen-bond acceptors (Lipinski definition) is 6. The Labute approximate surface area is 170 Å². The first-order chi connectivity index (χ1) is 13.7. The smallest absolute Gasteiger partial charge is 0.319 e. The van der Waals surface area contributed by atoms with Gasteiger partial charge in [0.1, 0.15) is 5.75 Å². The summed E-state index contributed by atoms with van der Waals surface area (Å²) in [6.07, 6.45) is 0.660. The van der Waals surface area contributed by atoms with Gasteiger partial charge in [0.25, 0.3) is 0 Å². The number of carbonyl (C=O) groups excluding carboxylic acids is 1. The van der Waals surface area contributed by atoms with E-state index in [1.165, 1.54) is 0 Å². The van der Waals surface area contributed by atoms with E-state index in [9.17, 15) is 4.79 Å². The van der Waals surface area contributed by atoms with Crippen molar-refractivity contribution >= 4 is 39.4 Å². The Morgan fingerprint density at radius 1 is 1.21 bits per heavy atom. The van der Waals surface area contributed by atoms with Crippen LogP contribution in [0.25, 0.3) is 15.7 Å². The summed E-state index contributed by atoms with van der Waals surface area (Å²) in [4.78, 5) is 18.7. The molecule has 0 fully saturated rings. The molecule has 0 aliphatic carbocycles. The highest BCUT2D eigenvalue weighted by molar-refractivity contribution is 7.15. The molecule has 9 heteroatoms. The average molecular weight is 414 g/mol. The van der Waals surface area contributed by atoms with Crippen molar-refractivity contribution in [1.29, 1.82) is 0 Å². The van der Waals surface area contributed by atoms with Crippen molar-refractivity contribution in [2.75, 3.05) is 18.5 Å². The standard InChI is InChI=1S/C19H19N5O2S2/c1-2-26-15-7-4-3-6-14(15)21-18(25)20-10-9-13-12-28-19-22-17(23-24(13)19)16-8-5-11-27-16/h3-8,11-12H,2,9-10H2,1H3,(H2,20,21,25). The SMILES string of the molecule is CCOc1ccccc1NC(=O)NCCc1csc2nc(-c3cccs3)nn12. The first kappa shape index (κ1) is 18.5. The minimum Gasteiger partial charge on any atom is -0.492 e. The molecular weight excluding hydrogens is 394 g/mol. The zero-order valence-corrected chi connectivity index (χ0v) is 16.8. The number of para-hydroxylation sites is 2. The van der Waals surface area contributed by atoms with Crippen LogP contribution < -0.4 is 15.4 Å². The van der Waals surface area contributed by atoms with E-state index < -0.39 is 0 Å². The van der Waals surface area contributed by atoms with Gasteiger partial charge in [0.15, 0.2) is 5.82 Å². The summed E-state index contributed by atoms with van der Waals surface area (Å²) in [6.45, 7) is 2.94. The lowest BCUT2D eigenvalue weighted by molar-refractivity contribution is 0.252. The number of benzene rings is 1. The van der Waals surface area contributed by atoms with Crippen LogP contribution in [0.3, 0.4) is 0 Å². The number of amides is 2. The van der Waals surface area contributed by atoms with Gasteiger partial charge in [0, 0.05) is 18.3 Å². The third-order valence-corrected chi connectivity index (χ3v) is 5.72. The van der Waals surface area contributed by atoms with Crippen molar-refractivity contribution in [3.63, 3.8) is 0 Å². The number of nitrogens with one attached hydrogen (secondary N) is 2. The van der Waals surface area contributed by atoms with E-state index in [-0.39, 0.29) is 6.03 Å². The van der Waals surface area contributed by atoms with Crippen LogP contribution in [0.5, 0.6) is 5.75 Å². The fourth-order valence-electron chi connectivity index (χ4n) is 2.73. The van der Waals surface area contributed by atoms with Crippen LogP contribution in [-0.2, 0) is 6.42 Å². The number of ether oxygens (including phenoxy) is 1. The number of hydrogen-bond donors (Lipinski definition) is 2. The summed E-state index contributed by atoms with van der Waals surface area (Å²) >= 11 is 3.17. The lowest BCUT2D eigenvalue weighted by atomic mass is 10.3. The highest BCUT2D eigenvalue weighted by atomic mass is 32.1. The van der Waals surface area contributed by atoms with E-state index >= 15 is 0 Å². The van der Waals surface area contributed by atoms with Crippen LogP contribution in [0.15, 0.2) is 47.2 Å². The van der Waals surface area contributed by atoms with Gasteiger partial charge >= 0.3 is 6.03 Å². The predicted molar refractivity (Wildman–Crippen MR) is 113 cm³/mol. The monoisotopic (exact) mass is 413 g/mol. The van der Waals surface area contributed by atoms with Crippen LogP contribution in [0.1, 0.15) is 12.6 Å². The molecule has 3 heterocycles. The first-order valence-corrected chi connectivity index (χ1v) is 10.6. The quantitative estimate of drug-likeness (QED) is 0.474. The number of thiophene rings is 1. The molecule has 2 N–H and O–H groups in total. The second-order valence-corrected chi connectivity index (χ2v) is 7.68. The van der Waals surface area contributed by atoms with Gasteiger partial charge in [-0.2, -0.15) is 4.98 Å². The highest BCUT2D eigenvalue weighted by Gasteiger charge is 2.12.